The molecule has 0 rings (SSSR count). The number of carbonyl (C=O) groups excluding carboxylic acids is 1. The van der Waals surface area contributed by atoms with Gasteiger partial charge in [-0.05, 0) is 12.3 Å². The summed E-state index contributed by atoms with van der Waals surface area (Å²) in [6.45, 7) is 6.02. The van der Waals surface area contributed by atoms with Crippen molar-refractivity contribution in [1.82, 2.24) is 4.90 Å². The summed E-state index contributed by atoms with van der Waals surface area (Å²) in [5.74, 6) is 0.561. The number of methoxy groups -OCH3 is 1. The summed E-state index contributed by atoms with van der Waals surface area (Å²) < 4.78 is 4.91. The molecule has 0 spiro atoms. The summed E-state index contributed by atoms with van der Waals surface area (Å²) in [4.78, 5) is 13.6. The van der Waals surface area contributed by atoms with E-state index in [0.29, 0.717) is 31.9 Å². The van der Waals surface area contributed by atoms with Gasteiger partial charge in [0.05, 0.1) is 12.5 Å². The van der Waals surface area contributed by atoms with Crippen LogP contribution in [0.4, 0.5) is 0 Å². The van der Waals surface area contributed by atoms with Crippen LogP contribution in [0.2, 0.25) is 0 Å². The smallest absolute Gasteiger partial charge is 0.222 e. The van der Waals surface area contributed by atoms with Crippen molar-refractivity contribution < 1.29 is 9.53 Å². The van der Waals surface area contributed by atoms with E-state index in [4.69, 9.17) is 10.00 Å². The Morgan fingerprint density at radius 3 is 2.69 bits per heavy atom. The van der Waals surface area contributed by atoms with E-state index >= 15 is 0 Å². The van der Waals surface area contributed by atoms with Gasteiger partial charge < -0.3 is 9.64 Å². The minimum absolute atomic E-state index is 0.126. The van der Waals surface area contributed by atoms with E-state index in [1.807, 2.05) is 0 Å². The van der Waals surface area contributed by atoms with Gasteiger partial charge in [-0.25, -0.2) is 0 Å². The summed E-state index contributed by atoms with van der Waals surface area (Å²) in [6, 6.07) is 2.07. The third-order valence-corrected chi connectivity index (χ3v) is 2.17. The molecule has 0 aromatic heterocycles. The van der Waals surface area contributed by atoms with E-state index in [1.165, 1.54) is 0 Å². The van der Waals surface area contributed by atoms with E-state index in [-0.39, 0.29) is 5.91 Å². The number of amides is 1. The fourth-order valence-electron chi connectivity index (χ4n) is 1.47. The maximum Gasteiger partial charge on any atom is 0.222 e. The van der Waals surface area contributed by atoms with Crippen molar-refractivity contribution in [1.29, 1.82) is 5.26 Å². The van der Waals surface area contributed by atoms with Gasteiger partial charge in [-0.1, -0.05) is 13.8 Å². The van der Waals surface area contributed by atoms with Gasteiger partial charge in [-0.3, -0.25) is 4.79 Å². The highest BCUT2D eigenvalue weighted by Crippen LogP contribution is 2.04. The Balaban J connectivity index is 4.05. The Morgan fingerprint density at radius 1 is 1.50 bits per heavy atom. The molecule has 0 saturated heterocycles. The first-order chi connectivity index (χ1) is 7.61. The molecule has 0 N–H and O–H groups in total. The van der Waals surface area contributed by atoms with Crippen LogP contribution in [0.3, 0.4) is 0 Å². The molecule has 0 atom stereocenters. The number of nitrogens with zero attached hydrogens (tertiary/aromatic N) is 2. The minimum Gasteiger partial charge on any atom is -0.385 e. The van der Waals surface area contributed by atoms with E-state index in [2.05, 4.69) is 19.9 Å². The molecule has 0 aliphatic rings. The fourth-order valence-corrected chi connectivity index (χ4v) is 1.47. The fraction of sp³-hybridized carbons (Fsp3) is 0.833. The third kappa shape index (κ3) is 7.24. The second-order valence-corrected chi connectivity index (χ2v) is 4.24. The molecule has 0 fully saturated rings. The Morgan fingerprint density at radius 2 is 2.19 bits per heavy atom. The van der Waals surface area contributed by atoms with Gasteiger partial charge in [0.15, 0.2) is 0 Å². The number of hydrogen-bond acceptors (Lipinski definition) is 3. The molecule has 16 heavy (non-hydrogen) atoms. The lowest BCUT2D eigenvalue weighted by Gasteiger charge is -2.23. The summed E-state index contributed by atoms with van der Waals surface area (Å²) >= 11 is 0. The zero-order valence-electron chi connectivity index (χ0n) is 10.5. The standard InChI is InChI=1S/C12H22N2O2/c1-11(2)10-14(8-5-7-13)12(15)6-4-9-16-3/h11H,4-6,8-10H2,1-3H3. The highest BCUT2D eigenvalue weighted by atomic mass is 16.5. The summed E-state index contributed by atoms with van der Waals surface area (Å²) in [5, 5.41) is 8.54. The molecule has 0 aromatic rings. The SMILES string of the molecule is COCCCC(=O)N(CCC#N)CC(C)C. The van der Waals surface area contributed by atoms with Crippen LogP contribution < -0.4 is 0 Å². The van der Waals surface area contributed by atoms with Crippen LogP contribution in [0.15, 0.2) is 0 Å². The van der Waals surface area contributed by atoms with E-state index in [0.717, 1.165) is 13.0 Å². The van der Waals surface area contributed by atoms with Gasteiger partial charge in [0.1, 0.15) is 0 Å². The molecule has 0 aliphatic heterocycles. The zero-order chi connectivity index (χ0) is 12.4. The highest BCUT2D eigenvalue weighted by Gasteiger charge is 2.13. The monoisotopic (exact) mass is 226 g/mol. The van der Waals surface area contributed by atoms with Crippen molar-refractivity contribution in [2.24, 2.45) is 5.92 Å². The van der Waals surface area contributed by atoms with Crippen LogP contribution in [0.1, 0.15) is 33.1 Å². The van der Waals surface area contributed by atoms with Gasteiger partial charge in [0, 0.05) is 33.2 Å². The zero-order valence-corrected chi connectivity index (χ0v) is 10.5. The second-order valence-electron chi connectivity index (χ2n) is 4.24. The van der Waals surface area contributed by atoms with Crippen LogP contribution >= 0.6 is 0 Å². The molecule has 92 valence electrons. The number of hydrogen-bond donors (Lipinski definition) is 0. The largest absolute Gasteiger partial charge is 0.385 e. The van der Waals surface area contributed by atoms with Gasteiger partial charge in [-0.2, -0.15) is 5.26 Å². The highest BCUT2D eigenvalue weighted by molar-refractivity contribution is 5.76. The van der Waals surface area contributed by atoms with E-state index in [9.17, 15) is 4.79 Å². The molecule has 0 aliphatic carbocycles. The third-order valence-electron chi connectivity index (χ3n) is 2.17. The second kappa shape index (κ2) is 9.17. The van der Waals surface area contributed by atoms with E-state index in [1.54, 1.807) is 12.0 Å². The van der Waals surface area contributed by atoms with Gasteiger partial charge >= 0.3 is 0 Å². The Kier molecular flexibility index (Phi) is 8.55. The van der Waals surface area contributed by atoms with Crippen molar-refractivity contribution in [2.45, 2.75) is 33.1 Å². The first kappa shape index (κ1) is 14.9. The van der Waals surface area contributed by atoms with Crippen molar-refractivity contribution in [3.05, 3.63) is 0 Å². The maximum atomic E-state index is 11.8. The Labute approximate surface area is 98.2 Å². The lowest BCUT2D eigenvalue weighted by atomic mass is 10.2. The predicted octanol–water partition coefficient (Wildman–Crippen LogP) is 1.81. The Hall–Kier alpha value is -1.08. The molecule has 1 amide bonds. The van der Waals surface area contributed by atoms with Crippen LogP contribution in [-0.4, -0.2) is 37.6 Å². The topological polar surface area (TPSA) is 53.3 Å². The number of nitriles is 1. The molecule has 0 aromatic carbocycles. The summed E-state index contributed by atoms with van der Waals surface area (Å²) in [7, 11) is 1.63. The molecular weight excluding hydrogens is 204 g/mol. The quantitative estimate of drug-likeness (QED) is 0.593. The average Bonchev–Trinajstić information content (AvgIpc) is 2.23. The summed E-state index contributed by atoms with van der Waals surface area (Å²) in [6.07, 6.45) is 1.66. The first-order valence-electron chi connectivity index (χ1n) is 5.75. The molecule has 0 bridgehead atoms. The lowest BCUT2D eigenvalue weighted by molar-refractivity contribution is -0.132. The Bertz CT molecular complexity index is 234. The molecule has 4 nitrogen and oxygen atoms in total. The van der Waals surface area contributed by atoms with Gasteiger partial charge in [0.2, 0.25) is 5.91 Å². The first-order valence-corrected chi connectivity index (χ1v) is 5.75. The number of rotatable bonds is 8. The van der Waals surface area contributed by atoms with E-state index < -0.39 is 0 Å². The van der Waals surface area contributed by atoms with Crippen LogP contribution in [-0.2, 0) is 9.53 Å². The van der Waals surface area contributed by atoms with Crippen molar-refractivity contribution in [3.8, 4) is 6.07 Å². The molecular formula is C12H22N2O2. The average molecular weight is 226 g/mol. The lowest BCUT2D eigenvalue weighted by Crippen LogP contribution is -2.34. The van der Waals surface area contributed by atoms with Crippen molar-refractivity contribution in [3.63, 3.8) is 0 Å². The predicted molar refractivity (Wildman–Crippen MR) is 62.8 cm³/mol. The minimum atomic E-state index is 0.126. The van der Waals surface area contributed by atoms with Crippen LogP contribution in [0.5, 0.6) is 0 Å². The number of ether oxygens (including phenoxy) is 1. The van der Waals surface area contributed by atoms with Crippen LogP contribution in [0, 0.1) is 17.2 Å². The maximum absolute atomic E-state index is 11.8. The normalized spacial score (nSPS) is 10.2. The van der Waals surface area contributed by atoms with Crippen molar-refractivity contribution in [2.75, 3.05) is 26.8 Å². The molecule has 0 unspecified atom stereocenters. The molecule has 4 heteroatoms. The molecule has 0 saturated carbocycles. The molecule has 0 radical (unpaired) electrons. The van der Waals surface area contributed by atoms with Crippen LogP contribution in [0.25, 0.3) is 0 Å². The summed E-state index contributed by atoms with van der Waals surface area (Å²) in [5.41, 5.74) is 0. The van der Waals surface area contributed by atoms with Crippen molar-refractivity contribution >= 4 is 5.91 Å². The van der Waals surface area contributed by atoms with Gasteiger partial charge in [0.25, 0.3) is 0 Å². The molecule has 0 heterocycles. The number of carbonyl (C=O) groups is 1. The van der Waals surface area contributed by atoms with Gasteiger partial charge in [-0.15, -0.1) is 0 Å².